The first-order valence-corrected chi connectivity index (χ1v) is 31.9. The third-order valence-electron chi connectivity index (χ3n) is 14.9. The van der Waals surface area contributed by atoms with Gasteiger partial charge in [0.2, 0.25) is 0 Å². The van der Waals surface area contributed by atoms with Crippen molar-refractivity contribution in [2.75, 3.05) is 40.7 Å². The van der Waals surface area contributed by atoms with Gasteiger partial charge in [-0.1, -0.05) is 143 Å². The molecule has 7 aromatic carbocycles. The number of carbonyl (C=O) groups excluding carboxylic acids is 3. The molecule has 0 radical (unpaired) electrons. The summed E-state index contributed by atoms with van der Waals surface area (Å²) >= 11 is 11.6. The number of ether oxygens (including phenoxy) is 1. The predicted molar refractivity (Wildman–Crippen MR) is 367 cm³/mol. The third-order valence-corrected chi connectivity index (χ3v) is 15.5. The van der Waals surface area contributed by atoms with E-state index >= 15 is 0 Å². The molecule has 0 aliphatic carbocycles. The van der Waals surface area contributed by atoms with Crippen molar-refractivity contribution in [2.24, 2.45) is 0 Å². The SMILES string of the molecule is C1CCOC1.CC1(C)OB(c2ccccc2CBr)OC1(C)C.CC1(C)OB(c2ccccc2CNc2ccccc2C=O)OC1(C)C.ClCCl.Nc1ccccc1C=O.Nc1ccccc1CO.O=Cc1ccccc1NCc1ccccc1B(O)O.[HH].[HH].[O]=[Mn]=[O]. The molecule has 0 aromatic heterocycles. The van der Waals surface area contributed by atoms with E-state index in [0.717, 1.165) is 76.4 Å². The number of halogens is 3. The van der Waals surface area contributed by atoms with Crippen LogP contribution >= 0.6 is 39.1 Å². The van der Waals surface area contributed by atoms with Crippen LogP contribution in [0.15, 0.2) is 170 Å². The van der Waals surface area contributed by atoms with Gasteiger partial charge in [-0.3, -0.25) is 14.4 Å². The fourth-order valence-corrected chi connectivity index (χ4v) is 8.92. The first kappa shape index (κ1) is 78.0. The Kier molecular flexibility index (Phi) is 35.2. The number of para-hydroxylation sites is 4. The van der Waals surface area contributed by atoms with Crippen molar-refractivity contribution in [3.63, 3.8) is 0 Å². The van der Waals surface area contributed by atoms with E-state index in [0.29, 0.717) is 46.6 Å². The average Bonchev–Trinajstić information content (AvgIpc) is 1.65. The van der Waals surface area contributed by atoms with Crippen molar-refractivity contribution < 1.29 is 78.2 Å². The fourth-order valence-electron chi connectivity index (χ4n) is 8.41. The van der Waals surface area contributed by atoms with Crippen LogP contribution in [0, 0.1) is 0 Å². The number of hydrogen-bond acceptors (Lipinski definition) is 17. The molecule has 0 saturated carbocycles. The zero-order valence-corrected chi connectivity index (χ0v) is 56.4. The number of hydrogen-bond donors (Lipinski definition) is 7. The number of anilines is 4. The summed E-state index contributed by atoms with van der Waals surface area (Å²) in [5, 5.41) is 34.7. The monoisotopic (exact) mass is 1380 g/mol. The van der Waals surface area contributed by atoms with Gasteiger partial charge in [0.05, 0.1) is 34.4 Å². The van der Waals surface area contributed by atoms with Crippen molar-refractivity contribution in [1.82, 2.24) is 0 Å². The second-order valence-corrected chi connectivity index (χ2v) is 23.6. The van der Waals surface area contributed by atoms with Crippen LogP contribution < -0.4 is 38.5 Å². The van der Waals surface area contributed by atoms with Crippen molar-refractivity contribution in [3.8, 4) is 0 Å². The van der Waals surface area contributed by atoms with Crippen LogP contribution in [0.5, 0.6) is 0 Å². The summed E-state index contributed by atoms with van der Waals surface area (Å²) < 4.78 is 46.2. The predicted octanol–water partition coefficient (Wildman–Crippen LogP) is 11.4. The van der Waals surface area contributed by atoms with Gasteiger partial charge >= 0.3 is 43.8 Å². The molecule has 24 heteroatoms. The molecular formula is C66H86B3BrCl2MnN4O13. The van der Waals surface area contributed by atoms with Crippen molar-refractivity contribution >= 4 is 118 Å². The quantitative estimate of drug-likeness (QED) is 0.0231. The van der Waals surface area contributed by atoms with Crippen LogP contribution in [-0.2, 0) is 70.9 Å². The standard InChI is InChI=1S/C20H24BNO3.C14H14BNO3.C13H18BBrO2.C7H9NO.C7H7NO.C4H8O.CH2Cl2.Mn.2O.2H2/c1-19(2)20(3,4)25-21(24-19)17-11-7-5-9-15(17)13-22-18-12-8-6-10-16(18)14-23;17-10-12-6-2-4-8-14(12)16-9-11-5-1-3-7-13(11)15(18)19;1-12(2)13(3,4)17-14(16-12)11-8-6-5-7-10(11)9-15;2*8-7-4-2-1-3-6(7)5-9;1-2-4-5-3-1;2-1-3;;;;;/h5-12,14,22H,13H2,1-4H3;1-8,10,16,18-19H,9H2;5-8H,9H2,1-4H3;1-4,9H,5,8H2;1-5H,8H2;1-4H2;1H2;;;;2*1H. The van der Waals surface area contributed by atoms with E-state index in [4.69, 9.17) is 70.8 Å². The average molecular weight is 1380 g/mol. The molecular weight excluding hydrogens is 1290 g/mol. The molecule has 0 amide bonds. The molecule has 485 valence electrons. The summed E-state index contributed by atoms with van der Waals surface area (Å²) in [4.78, 5) is 32.2. The Bertz CT molecular complexity index is 3300. The zero-order chi connectivity index (χ0) is 66.8. The van der Waals surface area contributed by atoms with Crippen LogP contribution in [-0.4, -0.2) is 96.3 Å². The molecule has 0 spiro atoms. The van der Waals surface area contributed by atoms with Gasteiger partial charge < -0.3 is 60.6 Å². The molecule has 9 N–H and O–H groups in total. The maximum absolute atomic E-state index is 11.2. The summed E-state index contributed by atoms with van der Waals surface area (Å²) in [6.07, 6.45) is 4.95. The molecule has 0 atom stereocenters. The number of aliphatic hydroxyl groups excluding tert-OH is 1. The number of aldehydes is 3. The molecule has 3 aliphatic rings. The second kappa shape index (κ2) is 40.6. The zero-order valence-electron chi connectivity index (χ0n) is 52.1. The minimum atomic E-state index is -1.50. The van der Waals surface area contributed by atoms with E-state index in [1.807, 2.05) is 113 Å². The van der Waals surface area contributed by atoms with Crippen molar-refractivity contribution in [3.05, 3.63) is 209 Å². The molecule has 10 rings (SSSR count). The van der Waals surface area contributed by atoms with E-state index in [1.54, 1.807) is 66.7 Å². The first-order valence-electron chi connectivity index (χ1n) is 28.7. The number of carbonyl (C=O) groups is 3. The first-order chi connectivity index (χ1) is 42.9. The van der Waals surface area contributed by atoms with Crippen molar-refractivity contribution in [2.45, 2.75) is 116 Å². The van der Waals surface area contributed by atoms with Gasteiger partial charge in [0.1, 0.15) is 0 Å². The van der Waals surface area contributed by atoms with Gasteiger partial charge in [-0.2, -0.15) is 0 Å². The summed E-state index contributed by atoms with van der Waals surface area (Å²) in [6, 6.07) is 52.2. The summed E-state index contributed by atoms with van der Waals surface area (Å²) in [6.45, 7) is 19.5. The Labute approximate surface area is 558 Å². The van der Waals surface area contributed by atoms with E-state index in [-0.39, 0.29) is 44.3 Å². The second-order valence-electron chi connectivity index (χ2n) is 22.0. The maximum atomic E-state index is 11.2. The van der Waals surface area contributed by atoms with E-state index in [9.17, 15) is 24.4 Å². The molecule has 17 nitrogen and oxygen atoms in total. The topological polar surface area (TPSA) is 268 Å². The van der Waals surface area contributed by atoms with Gasteiger partial charge in [0, 0.05) is 79.5 Å². The van der Waals surface area contributed by atoms with E-state index < -0.39 is 29.1 Å². The van der Waals surface area contributed by atoms with Gasteiger partial charge in [-0.25, -0.2) is 0 Å². The molecule has 7 aromatic rings. The Balaban J connectivity index is 0.000000569. The number of nitrogen functional groups attached to an aromatic ring is 2. The fraction of sp³-hybridized carbons (Fsp3) is 0.318. The Morgan fingerprint density at radius 1 is 0.533 bits per heavy atom. The van der Waals surface area contributed by atoms with Gasteiger partial charge in [0.15, 0.2) is 18.9 Å². The molecule has 3 saturated heterocycles. The Hall–Kier alpha value is -6.20. The van der Waals surface area contributed by atoms with Crippen LogP contribution in [0.2, 0.25) is 0 Å². The number of benzene rings is 7. The number of nitrogens with two attached hydrogens (primary N) is 2. The van der Waals surface area contributed by atoms with E-state index in [2.05, 4.69) is 72.5 Å². The number of aliphatic hydroxyl groups is 1. The number of alkyl halides is 3. The van der Waals surface area contributed by atoms with Gasteiger partial charge in [-0.15, -0.1) is 23.2 Å². The molecule has 3 heterocycles. The van der Waals surface area contributed by atoms with Crippen LogP contribution in [0.25, 0.3) is 0 Å². The summed E-state index contributed by atoms with van der Waals surface area (Å²) in [5.74, 6) is 0. The third kappa shape index (κ3) is 25.1. The Morgan fingerprint density at radius 2 is 0.867 bits per heavy atom. The van der Waals surface area contributed by atoms with Gasteiger partial charge in [0.25, 0.3) is 0 Å². The Morgan fingerprint density at radius 3 is 1.22 bits per heavy atom. The molecule has 90 heavy (non-hydrogen) atoms. The minimum absolute atomic E-state index is 0. The molecule has 3 aliphatic heterocycles. The molecule has 3 fully saturated rings. The number of nitrogens with one attached hydrogen (secondary N) is 2. The normalized spacial score (nSPS) is 14.8. The molecule has 0 unspecified atom stereocenters. The van der Waals surface area contributed by atoms with Gasteiger partial charge in [-0.05, 0) is 144 Å². The van der Waals surface area contributed by atoms with E-state index in [1.165, 1.54) is 18.4 Å². The van der Waals surface area contributed by atoms with Crippen LogP contribution in [0.1, 0.15) is 124 Å². The molecule has 0 bridgehead atoms. The summed E-state index contributed by atoms with van der Waals surface area (Å²) in [5.41, 5.74) is 20.5. The van der Waals surface area contributed by atoms with Crippen LogP contribution in [0.4, 0.5) is 22.7 Å². The van der Waals surface area contributed by atoms with Crippen molar-refractivity contribution in [1.29, 1.82) is 0 Å². The number of rotatable bonds is 14. The van der Waals surface area contributed by atoms with Crippen LogP contribution in [0.3, 0.4) is 0 Å². The summed E-state index contributed by atoms with van der Waals surface area (Å²) in [7, 11) is -2.17.